The Kier molecular flexibility index (Phi) is 6.07. The van der Waals surface area contributed by atoms with E-state index in [-0.39, 0.29) is 11.5 Å². The molecule has 0 amide bonds. The van der Waals surface area contributed by atoms with Gasteiger partial charge in [0.15, 0.2) is 0 Å². The minimum Gasteiger partial charge on any atom is -0.494 e. The summed E-state index contributed by atoms with van der Waals surface area (Å²) in [5.74, 6) is 1.87. The lowest BCUT2D eigenvalue weighted by molar-refractivity contribution is 0.340. The minimum absolute atomic E-state index is 0.114. The van der Waals surface area contributed by atoms with Crippen molar-refractivity contribution in [2.75, 3.05) is 6.61 Å². The largest absolute Gasteiger partial charge is 0.494 e. The van der Waals surface area contributed by atoms with Gasteiger partial charge in [-0.3, -0.25) is 4.79 Å². The lowest BCUT2D eigenvalue weighted by atomic mass is 9.88. The maximum atomic E-state index is 13.4. The van der Waals surface area contributed by atoms with Crippen LogP contribution in [-0.2, 0) is 0 Å². The predicted molar refractivity (Wildman–Crippen MR) is 132 cm³/mol. The first-order chi connectivity index (χ1) is 16.2. The first-order valence-electron chi connectivity index (χ1n) is 11.7. The van der Waals surface area contributed by atoms with E-state index in [1.807, 2.05) is 78.4 Å². The summed E-state index contributed by atoms with van der Waals surface area (Å²) in [7, 11) is 0. The minimum atomic E-state index is -0.114. The van der Waals surface area contributed by atoms with Crippen LogP contribution in [-0.4, -0.2) is 27.0 Å². The van der Waals surface area contributed by atoms with Gasteiger partial charge in [-0.1, -0.05) is 31.4 Å². The molecular formula is C27H28N4O2. The summed E-state index contributed by atoms with van der Waals surface area (Å²) in [5, 5.41) is 5.27. The molecule has 4 aromatic rings. The van der Waals surface area contributed by atoms with Gasteiger partial charge in [0.2, 0.25) is 0 Å². The second-order valence-corrected chi connectivity index (χ2v) is 8.41. The van der Waals surface area contributed by atoms with E-state index in [0.29, 0.717) is 12.0 Å². The zero-order valence-corrected chi connectivity index (χ0v) is 18.9. The lowest BCUT2D eigenvalue weighted by Gasteiger charge is -2.22. The topological polar surface area (TPSA) is 61.4 Å². The Bertz CT molecular complexity index is 1330. The van der Waals surface area contributed by atoms with Gasteiger partial charge in [0.25, 0.3) is 5.56 Å². The van der Waals surface area contributed by atoms with Crippen LogP contribution in [0.1, 0.15) is 56.5 Å². The monoisotopic (exact) mass is 440 g/mol. The third-order valence-corrected chi connectivity index (χ3v) is 6.26. The molecule has 1 aliphatic carbocycles. The Morgan fingerprint density at radius 1 is 1.03 bits per heavy atom. The fourth-order valence-electron chi connectivity index (χ4n) is 4.60. The second kappa shape index (κ2) is 9.45. The summed E-state index contributed by atoms with van der Waals surface area (Å²) in [5.41, 5.74) is 2.51. The van der Waals surface area contributed by atoms with Gasteiger partial charge in [0, 0.05) is 17.8 Å². The van der Waals surface area contributed by atoms with E-state index in [4.69, 9.17) is 9.72 Å². The van der Waals surface area contributed by atoms with Gasteiger partial charge in [0.1, 0.15) is 11.6 Å². The Hall–Kier alpha value is -3.67. The maximum absolute atomic E-state index is 13.4. The molecule has 0 N–H and O–H groups in total. The molecule has 0 unspecified atom stereocenters. The average Bonchev–Trinajstić information content (AvgIpc) is 3.33. The quantitative estimate of drug-likeness (QED) is 0.371. The third-order valence-electron chi connectivity index (χ3n) is 6.26. The van der Waals surface area contributed by atoms with Crippen LogP contribution >= 0.6 is 0 Å². The van der Waals surface area contributed by atoms with E-state index in [2.05, 4.69) is 5.10 Å². The van der Waals surface area contributed by atoms with Crippen molar-refractivity contribution in [1.82, 2.24) is 14.2 Å². The molecule has 6 nitrogen and oxygen atoms in total. The van der Waals surface area contributed by atoms with E-state index in [9.17, 15) is 4.79 Å². The zero-order chi connectivity index (χ0) is 22.6. The van der Waals surface area contributed by atoms with Gasteiger partial charge in [-0.05, 0) is 68.3 Å². The van der Waals surface area contributed by atoms with Crippen LogP contribution in [0.15, 0.2) is 76.8 Å². The van der Waals surface area contributed by atoms with Crippen molar-refractivity contribution in [2.45, 2.75) is 44.9 Å². The van der Waals surface area contributed by atoms with Crippen molar-refractivity contribution >= 4 is 17.1 Å². The molecule has 0 saturated heterocycles. The summed E-state index contributed by atoms with van der Waals surface area (Å²) in [6.07, 6.45) is 9.40. The Balaban J connectivity index is 1.54. The fourth-order valence-corrected chi connectivity index (χ4v) is 4.60. The van der Waals surface area contributed by atoms with Gasteiger partial charge in [-0.15, -0.1) is 0 Å². The number of aromatic nitrogens is 3. The van der Waals surface area contributed by atoms with Crippen LogP contribution < -0.4 is 10.3 Å². The van der Waals surface area contributed by atoms with Crippen molar-refractivity contribution in [3.05, 3.63) is 88.7 Å². The normalized spacial score (nSPS) is 14.8. The summed E-state index contributed by atoms with van der Waals surface area (Å²) in [6, 6.07) is 19.4. The van der Waals surface area contributed by atoms with Gasteiger partial charge >= 0.3 is 0 Å². The summed E-state index contributed by atoms with van der Waals surface area (Å²) in [4.78, 5) is 18.3. The van der Waals surface area contributed by atoms with Crippen molar-refractivity contribution in [2.24, 2.45) is 5.10 Å². The molecule has 168 valence electrons. The molecule has 0 atom stereocenters. The van der Waals surface area contributed by atoms with Crippen LogP contribution in [0.25, 0.3) is 16.6 Å². The Morgan fingerprint density at radius 2 is 1.82 bits per heavy atom. The molecule has 2 aromatic carbocycles. The molecule has 2 aromatic heterocycles. The first-order valence-corrected chi connectivity index (χ1v) is 11.7. The van der Waals surface area contributed by atoms with E-state index in [1.54, 1.807) is 6.21 Å². The number of hydrogen-bond donors (Lipinski definition) is 0. The van der Waals surface area contributed by atoms with Crippen LogP contribution in [0.3, 0.4) is 0 Å². The average molecular weight is 441 g/mol. The number of nitrogens with zero attached hydrogens (tertiary/aromatic N) is 4. The number of ether oxygens (including phenoxy) is 1. The summed E-state index contributed by atoms with van der Waals surface area (Å²) >= 11 is 0. The maximum Gasteiger partial charge on any atom is 0.282 e. The van der Waals surface area contributed by atoms with Gasteiger partial charge in [-0.2, -0.15) is 9.78 Å². The number of fused-ring (bicyclic) bond motifs is 1. The highest BCUT2D eigenvalue weighted by molar-refractivity contribution is 5.80. The standard InChI is InChI=1S/C27H28N4O2/c1-2-33-23-16-14-21(15-17-23)30-18-8-11-22(30)19-28-31-26(20-9-4-3-5-10-20)29-25-13-7-6-12-24(25)27(31)32/h6-8,11-20H,2-5,9-10H2,1H3. The molecule has 6 heteroatoms. The third kappa shape index (κ3) is 4.33. The van der Waals surface area contributed by atoms with Gasteiger partial charge in [0.05, 0.1) is 29.4 Å². The second-order valence-electron chi connectivity index (χ2n) is 8.41. The van der Waals surface area contributed by atoms with E-state index in [0.717, 1.165) is 54.2 Å². The molecule has 0 aliphatic heterocycles. The van der Waals surface area contributed by atoms with Crippen molar-refractivity contribution in [3.63, 3.8) is 0 Å². The Morgan fingerprint density at radius 3 is 2.61 bits per heavy atom. The molecule has 1 saturated carbocycles. The van der Waals surface area contributed by atoms with Crippen LogP contribution in [0.4, 0.5) is 0 Å². The van der Waals surface area contributed by atoms with Crippen molar-refractivity contribution in [1.29, 1.82) is 0 Å². The van der Waals surface area contributed by atoms with Crippen molar-refractivity contribution < 1.29 is 4.74 Å². The van der Waals surface area contributed by atoms with Gasteiger partial charge in [-0.25, -0.2) is 4.98 Å². The molecular weight excluding hydrogens is 412 g/mol. The number of rotatable bonds is 6. The molecule has 33 heavy (non-hydrogen) atoms. The predicted octanol–water partition coefficient (Wildman–Crippen LogP) is 5.52. The molecule has 0 bridgehead atoms. The van der Waals surface area contributed by atoms with Crippen LogP contribution in [0, 0.1) is 0 Å². The Labute approximate surface area is 193 Å². The first kappa shape index (κ1) is 21.2. The zero-order valence-electron chi connectivity index (χ0n) is 18.9. The molecule has 0 radical (unpaired) electrons. The smallest absolute Gasteiger partial charge is 0.282 e. The highest BCUT2D eigenvalue weighted by Gasteiger charge is 2.22. The number of hydrogen-bond acceptors (Lipinski definition) is 4. The van der Waals surface area contributed by atoms with E-state index >= 15 is 0 Å². The number of para-hydroxylation sites is 1. The molecule has 1 fully saturated rings. The number of benzene rings is 2. The SMILES string of the molecule is CCOc1ccc(-n2cccc2C=Nn2c(C3CCCCC3)nc3ccccc3c2=O)cc1. The highest BCUT2D eigenvalue weighted by atomic mass is 16.5. The molecule has 0 spiro atoms. The summed E-state index contributed by atoms with van der Waals surface area (Å²) < 4.78 is 9.11. The van der Waals surface area contributed by atoms with E-state index < -0.39 is 0 Å². The fraction of sp³-hybridized carbons (Fsp3) is 0.296. The van der Waals surface area contributed by atoms with Crippen LogP contribution in [0.2, 0.25) is 0 Å². The highest BCUT2D eigenvalue weighted by Crippen LogP contribution is 2.31. The van der Waals surface area contributed by atoms with Crippen molar-refractivity contribution in [3.8, 4) is 11.4 Å². The molecule has 1 aliphatic rings. The molecule has 2 heterocycles. The summed E-state index contributed by atoms with van der Waals surface area (Å²) in [6.45, 7) is 2.61. The van der Waals surface area contributed by atoms with E-state index in [1.165, 1.54) is 11.1 Å². The molecule has 5 rings (SSSR count). The van der Waals surface area contributed by atoms with Gasteiger partial charge < -0.3 is 9.30 Å². The van der Waals surface area contributed by atoms with Crippen LogP contribution in [0.5, 0.6) is 5.75 Å². The lowest BCUT2D eigenvalue weighted by Crippen LogP contribution is -2.25.